The van der Waals surface area contributed by atoms with Crippen molar-refractivity contribution in [2.75, 3.05) is 5.32 Å². The van der Waals surface area contributed by atoms with Gasteiger partial charge < -0.3 is 21.7 Å². The van der Waals surface area contributed by atoms with Crippen LogP contribution in [0.2, 0.25) is 0 Å². The minimum Gasteiger partial charge on any atom is -0.352 e. The van der Waals surface area contributed by atoms with Crippen LogP contribution in [0.5, 0.6) is 0 Å². The topological polar surface area (TPSA) is 113 Å². The smallest absolute Gasteiger partial charge is 0.312 e. The third-order valence-corrected chi connectivity index (χ3v) is 2.99. The van der Waals surface area contributed by atoms with Gasteiger partial charge in [-0.3, -0.25) is 9.59 Å². The summed E-state index contributed by atoms with van der Waals surface area (Å²) in [5, 5.41) is 7.84. The minimum absolute atomic E-state index is 0.0744. The van der Waals surface area contributed by atoms with Crippen molar-refractivity contribution in [1.29, 1.82) is 0 Å². The Labute approximate surface area is 129 Å². The molecular formula is C15H22N4O3. The van der Waals surface area contributed by atoms with E-state index in [4.69, 9.17) is 5.73 Å². The van der Waals surface area contributed by atoms with Crippen molar-refractivity contribution in [2.24, 2.45) is 11.7 Å². The lowest BCUT2D eigenvalue weighted by Crippen LogP contribution is -2.51. The van der Waals surface area contributed by atoms with Crippen LogP contribution in [0.25, 0.3) is 0 Å². The average Bonchev–Trinajstić information content (AvgIpc) is 2.42. The van der Waals surface area contributed by atoms with Crippen molar-refractivity contribution in [3.8, 4) is 0 Å². The number of nitrogens with one attached hydrogen (secondary N) is 3. The molecule has 0 radical (unpaired) electrons. The Kier molecular flexibility index (Phi) is 6.37. The van der Waals surface area contributed by atoms with Gasteiger partial charge in [-0.1, -0.05) is 26.0 Å². The lowest BCUT2D eigenvalue weighted by atomic mass is 10.0. The summed E-state index contributed by atoms with van der Waals surface area (Å²) >= 11 is 0. The lowest BCUT2D eigenvalue weighted by Gasteiger charge is -2.20. The number of carbonyl (C=O) groups excluding carboxylic acids is 3. The van der Waals surface area contributed by atoms with Gasteiger partial charge in [0.25, 0.3) is 0 Å². The Morgan fingerprint density at radius 2 is 1.73 bits per heavy atom. The molecule has 0 bridgehead atoms. The highest BCUT2D eigenvalue weighted by Gasteiger charge is 2.22. The molecule has 0 fully saturated rings. The molecule has 0 aliphatic rings. The summed E-state index contributed by atoms with van der Waals surface area (Å²) in [7, 11) is 0. The molecule has 0 aliphatic carbocycles. The van der Waals surface area contributed by atoms with E-state index in [1.807, 2.05) is 13.8 Å². The zero-order valence-electron chi connectivity index (χ0n) is 13.0. The molecule has 0 saturated heterocycles. The molecular weight excluding hydrogens is 284 g/mol. The first kappa shape index (κ1) is 17.5. The number of rotatable bonds is 6. The largest absolute Gasteiger partial charge is 0.352 e. The Morgan fingerprint density at radius 1 is 1.14 bits per heavy atom. The standard InChI is InChI=1S/C15H22N4O3/c1-9(2)13(19-15(16)22)14(21)17-8-11-4-6-12(7-5-11)18-10(3)20/h4-7,9,13H,8H2,1-3H3,(H,17,21)(H,18,20)(H3,16,19,22). The van der Waals surface area contributed by atoms with Crippen molar-refractivity contribution in [2.45, 2.75) is 33.4 Å². The summed E-state index contributed by atoms with van der Waals surface area (Å²) in [6, 6.07) is 5.72. The van der Waals surface area contributed by atoms with E-state index in [2.05, 4.69) is 16.0 Å². The molecule has 0 spiro atoms. The fourth-order valence-electron chi connectivity index (χ4n) is 1.90. The number of carbonyl (C=O) groups is 3. The number of anilines is 1. The molecule has 22 heavy (non-hydrogen) atoms. The Bertz CT molecular complexity index is 540. The van der Waals surface area contributed by atoms with Crippen LogP contribution in [0.4, 0.5) is 10.5 Å². The lowest BCUT2D eigenvalue weighted by molar-refractivity contribution is -0.124. The molecule has 1 rings (SSSR count). The number of primary amides is 1. The van der Waals surface area contributed by atoms with Gasteiger partial charge in [0, 0.05) is 19.2 Å². The van der Waals surface area contributed by atoms with Crippen LogP contribution in [0.1, 0.15) is 26.3 Å². The first-order valence-corrected chi connectivity index (χ1v) is 6.99. The predicted molar refractivity (Wildman–Crippen MR) is 83.9 cm³/mol. The third-order valence-electron chi connectivity index (χ3n) is 2.99. The van der Waals surface area contributed by atoms with Crippen molar-refractivity contribution in [1.82, 2.24) is 10.6 Å². The molecule has 0 heterocycles. The number of benzene rings is 1. The summed E-state index contributed by atoms with van der Waals surface area (Å²) in [6.45, 7) is 5.40. The molecule has 0 aromatic heterocycles. The monoisotopic (exact) mass is 306 g/mol. The quantitative estimate of drug-likeness (QED) is 0.627. The van der Waals surface area contributed by atoms with Crippen LogP contribution in [0, 0.1) is 5.92 Å². The highest BCUT2D eigenvalue weighted by molar-refractivity contribution is 5.88. The Morgan fingerprint density at radius 3 is 2.18 bits per heavy atom. The molecule has 7 heteroatoms. The van der Waals surface area contributed by atoms with Crippen LogP contribution in [-0.2, 0) is 16.1 Å². The Balaban J connectivity index is 2.58. The van der Waals surface area contributed by atoms with Gasteiger partial charge in [-0.2, -0.15) is 0 Å². The van der Waals surface area contributed by atoms with Crippen molar-refractivity contribution in [3.63, 3.8) is 0 Å². The predicted octanol–water partition coefficient (Wildman–Crippen LogP) is 0.954. The molecule has 1 atom stereocenters. The molecule has 1 unspecified atom stereocenters. The van der Waals surface area contributed by atoms with Crippen molar-refractivity contribution < 1.29 is 14.4 Å². The van der Waals surface area contributed by atoms with Gasteiger partial charge in [0.15, 0.2) is 0 Å². The second-order valence-corrected chi connectivity index (χ2v) is 5.33. The van der Waals surface area contributed by atoms with E-state index in [9.17, 15) is 14.4 Å². The first-order chi connectivity index (χ1) is 10.3. The Hall–Kier alpha value is -2.57. The van der Waals surface area contributed by atoms with Crippen LogP contribution >= 0.6 is 0 Å². The fraction of sp³-hybridized carbons (Fsp3) is 0.400. The summed E-state index contributed by atoms with van der Waals surface area (Å²) < 4.78 is 0. The van der Waals surface area contributed by atoms with E-state index in [-0.39, 0.29) is 17.7 Å². The van der Waals surface area contributed by atoms with E-state index >= 15 is 0 Å². The van der Waals surface area contributed by atoms with Gasteiger partial charge in [0.05, 0.1) is 0 Å². The number of amides is 4. The molecule has 4 amide bonds. The van der Waals surface area contributed by atoms with Gasteiger partial charge in [-0.15, -0.1) is 0 Å². The van der Waals surface area contributed by atoms with Gasteiger partial charge in [-0.25, -0.2) is 4.79 Å². The van der Waals surface area contributed by atoms with Gasteiger partial charge in [0.1, 0.15) is 6.04 Å². The third kappa shape index (κ3) is 5.82. The number of nitrogens with two attached hydrogens (primary N) is 1. The summed E-state index contributed by atoms with van der Waals surface area (Å²) in [5.74, 6) is -0.507. The van der Waals surface area contributed by atoms with Gasteiger partial charge in [0.2, 0.25) is 11.8 Å². The zero-order chi connectivity index (χ0) is 16.7. The van der Waals surface area contributed by atoms with E-state index in [0.29, 0.717) is 12.2 Å². The number of urea groups is 1. The van der Waals surface area contributed by atoms with Gasteiger partial charge >= 0.3 is 6.03 Å². The van der Waals surface area contributed by atoms with Crippen LogP contribution in [-0.4, -0.2) is 23.9 Å². The second kappa shape index (κ2) is 8.02. The van der Waals surface area contributed by atoms with E-state index in [0.717, 1.165) is 5.56 Å². The van der Waals surface area contributed by atoms with E-state index in [1.165, 1.54) is 6.92 Å². The van der Waals surface area contributed by atoms with Crippen molar-refractivity contribution in [3.05, 3.63) is 29.8 Å². The molecule has 1 aromatic rings. The second-order valence-electron chi connectivity index (χ2n) is 5.33. The summed E-state index contributed by atoms with van der Waals surface area (Å²) in [6.07, 6.45) is 0. The summed E-state index contributed by atoms with van der Waals surface area (Å²) in [4.78, 5) is 33.9. The highest BCUT2D eigenvalue weighted by Crippen LogP contribution is 2.09. The zero-order valence-corrected chi connectivity index (χ0v) is 13.0. The molecule has 120 valence electrons. The maximum atomic E-state index is 12.1. The van der Waals surface area contributed by atoms with Crippen molar-refractivity contribution >= 4 is 23.5 Å². The average molecular weight is 306 g/mol. The van der Waals surface area contributed by atoms with Crippen LogP contribution < -0.4 is 21.7 Å². The molecule has 0 aliphatic heterocycles. The first-order valence-electron chi connectivity index (χ1n) is 6.99. The van der Waals surface area contributed by atoms with Crippen LogP contribution in [0.3, 0.4) is 0 Å². The minimum atomic E-state index is -0.728. The molecule has 0 saturated carbocycles. The van der Waals surface area contributed by atoms with Crippen LogP contribution in [0.15, 0.2) is 24.3 Å². The maximum Gasteiger partial charge on any atom is 0.312 e. The highest BCUT2D eigenvalue weighted by atomic mass is 16.2. The number of hydrogen-bond acceptors (Lipinski definition) is 3. The number of hydrogen-bond donors (Lipinski definition) is 4. The van der Waals surface area contributed by atoms with E-state index < -0.39 is 12.1 Å². The fourth-order valence-corrected chi connectivity index (χ4v) is 1.90. The summed E-state index contributed by atoms with van der Waals surface area (Å²) in [5.41, 5.74) is 6.64. The molecule has 5 N–H and O–H groups in total. The molecule has 1 aromatic carbocycles. The molecule has 7 nitrogen and oxygen atoms in total. The SMILES string of the molecule is CC(=O)Nc1ccc(CNC(=O)C(NC(N)=O)C(C)C)cc1. The maximum absolute atomic E-state index is 12.1. The van der Waals surface area contributed by atoms with E-state index in [1.54, 1.807) is 24.3 Å². The van der Waals surface area contributed by atoms with Gasteiger partial charge in [-0.05, 0) is 23.6 Å². The normalized spacial score (nSPS) is 11.6.